The number of aryl methyl sites for hydroxylation is 1. The molecule has 1 aliphatic heterocycles. The molecule has 7 heteroatoms. The number of aromatic nitrogens is 3. The molecule has 0 saturated carbocycles. The van der Waals surface area contributed by atoms with Gasteiger partial charge < -0.3 is 10.2 Å². The van der Waals surface area contributed by atoms with Gasteiger partial charge in [-0.05, 0) is 32.9 Å². The standard InChI is InChI=1S/C12H21N5O2/c1-9(8-17-6-4-5-7-17)13-10-11(18)15(2)12(19)16(3)14-10/h9H,4-8H2,1-3H3,(H,13,14). The molecule has 1 aliphatic rings. The van der Waals surface area contributed by atoms with Crippen LogP contribution in [0.2, 0.25) is 0 Å². The van der Waals surface area contributed by atoms with Gasteiger partial charge in [-0.2, -0.15) is 0 Å². The van der Waals surface area contributed by atoms with E-state index in [9.17, 15) is 9.59 Å². The van der Waals surface area contributed by atoms with Crippen LogP contribution in [0.25, 0.3) is 0 Å². The summed E-state index contributed by atoms with van der Waals surface area (Å²) < 4.78 is 2.24. The van der Waals surface area contributed by atoms with Gasteiger partial charge in [-0.1, -0.05) is 0 Å². The second-order valence-electron chi connectivity index (χ2n) is 5.17. The lowest BCUT2D eigenvalue weighted by atomic mass is 10.3. The maximum Gasteiger partial charge on any atom is 0.346 e. The average Bonchev–Trinajstić information content (AvgIpc) is 2.86. The smallest absolute Gasteiger partial charge is 0.346 e. The fraction of sp³-hybridized carbons (Fsp3) is 0.750. The van der Waals surface area contributed by atoms with Crippen LogP contribution < -0.4 is 16.6 Å². The van der Waals surface area contributed by atoms with E-state index in [1.54, 1.807) is 0 Å². The molecule has 0 bridgehead atoms. The van der Waals surface area contributed by atoms with Crippen LogP contribution in [0.5, 0.6) is 0 Å². The van der Waals surface area contributed by atoms with Gasteiger partial charge in [0.2, 0.25) is 5.82 Å². The van der Waals surface area contributed by atoms with Gasteiger partial charge in [0.05, 0.1) is 0 Å². The van der Waals surface area contributed by atoms with E-state index in [4.69, 9.17) is 0 Å². The first-order valence-electron chi connectivity index (χ1n) is 6.62. The predicted molar refractivity (Wildman–Crippen MR) is 73.5 cm³/mol. The highest BCUT2D eigenvalue weighted by atomic mass is 16.2. The van der Waals surface area contributed by atoms with E-state index in [1.165, 1.54) is 31.6 Å². The zero-order valence-corrected chi connectivity index (χ0v) is 11.7. The van der Waals surface area contributed by atoms with Gasteiger partial charge in [0.25, 0.3) is 5.56 Å². The summed E-state index contributed by atoms with van der Waals surface area (Å²) >= 11 is 0. The molecular weight excluding hydrogens is 246 g/mol. The normalized spacial score (nSPS) is 17.6. The van der Waals surface area contributed by atoms with Crippen LogP contribution in [-0.4, -0.2) is 44.9 Å². The minimum atomic E-state index is -0.414. The van der Waals surface area contributed by atoms with Crippen LogP contribution in [-0.2, 0) is 14.1 Å². The van der Waals surface area contributed by atoms with Crippen molar-refractivity contribution in [2.24, 2.45) is 14.1 Å². The summed E-state index contributed by atoms with van der Waals surface area (Å²) in [4.78, 5) is 25.8. The molecule has 1 fully saturated rings. The first-order valence-corrected chi connectivity index (χ1v) is 6.62. The minimum absolute atomic E-state index is 0.121. The van der Waals surface area contributed by atoms with E-state index >= 15 is 0 Å². The van der Waals surface area contributed by atoms with Crippen molar-refractivity contribution >= 4 is 5.82 Å². The number of hydrogen-bond acceptors (Lipinski definition) is 5. The van der Waals surface area contributed by atoms with Crippen LogP contribution in [0.15, 0.2) is 9.59 Å². The second kappa shape index (κ2) is 5.56. The van der Waals surface area contributed by atoms with E-state index in [-0.39, 0.29) is 17.4 Å². The zero-order chi connectivity index (χ0) is 14.0. The zero-order valence-electron chi connectivity index (χ0n) is 11.7. The fourth-order valence-corrected chi connectivity index (χ4v) is 2.42. The van der Waals surface area contributed by atoms with Crippen molar-refractivity contribution in [3.8, 4) is 0 Å². The molecule has 1 N–H and O–H groups in total. The monoisotopic (exact) mass is 267 g/mol. The van der Waals surface area contributed by atoms with E-state index in [0.717, 1.165) is 24.2 Å². The molecule has 0 radical (unpaired) electrons. The lowest BCUT2D eigenvalue weighted by Crippen LogP contribution is -2.42. The van der Waals surface area contributed by atoms with Crippen molar-refractivity contribution in [1.82, 2.24) is 19.2 Å². The van der Waals surface area contributed by atoms with Crippen LogP contribution >= 0.6 is 0 Å². The third kappa shape index (κ3) is 3.04. The van der Waals surface area contributed by atoms with Crippen LogP contribution in [0.3, 0.4) is 0 Å². The maximum atomic E-state index is 11.9. The third-order valence-electron chi connectivity index (χ3n) is 3.43. The Morgan fingerprint density at radius 1 is 1.26 bits per heavy atom. The Kier molecular flexibility index (Phi) is 4.04. The summed E-state index contributed by atoms with van der Waals surface area (Å²) in [6.07, 6.45) is 2.49. The van der Waals surface area contributed by atoms with Gasteiger partial charge in [-0.3, -0.25) is 9.36 Å². The first-order chi connectivity index (χ1) is 8.99. The maximum absolute atomic E-state index is 11.9. The lowest BCUT2D eigenvalue weighted by Gasteiger charge is -2.21. The highest BCUT2D eigenvalue weighted by molar-refractivity contribution is 5.30. The van der Waals surface area contributed by atoms with Crippen molar-refractivity contribution in [3.05, 3.63) is 20.8 Å². The fourth-order valence-electron chi connectivity index (χ4n) is 2.42. The van der Waals surface area contributed by atoms with Crippen LogP contribution in [0, 0.1) is 0 Å². The number of anilines is 1. The van der Waals surface area contributed by atoms with Crippen molar-refractivity contribution < 1.29 is 0 Å². The second-order valence-corrected chi connectivity index (χ2v) is 5.17. The van der Waals surface area contributed by atoms with Gasteiger partial charge in [-0.25, -0.2) is 9.48 Å². The Morgan fingerprint density at radius 2 is 1.89 bits per heavy atom. The molecule has 19 heavy (non-hydrogen) atoms. The van der Waals surface area contributed by atoms with Crippen LogP contribution in [0.4, 0.5) is 5.82 Å². The number of nitrogens with one attached hydrogen (secondary N) is 1. The Balaban J connectivity index is 2.10. The van der Waals surface area contributed by atoms with Gasteiger partial charge in [0.15, 0.2) is 0 Å². The van der Waals surface area contributed by atoms with Crippen molar-refractivity contribution in [2.45, 2.75) is 25.8 Å². The number of likely N-dealkylation sites (tertiary alicyclic amines) is 1. The summed E-state index contributed by atoms with van der Waals surface area (Å²) in [6.45, 7) is 5.13. The summed E-state index contributed by atoms with van der Waals surface area (Å²) in [5.41, 5.74) is -0.792. The molecule has 1 aromatic rings. The largest absolute Gasteiger partial charge is 0.360 e. The SMILES string of the molecule is CC(CN1CCCC1)Nc1nn(C)c(=O)n(C)c1=O. The summed E-state index contributed by atoms with van der Waals surface area (Å²) in [5, 5.41) is 7.09. The number of hydrogen-bond donors (Lipinski definition) is 1. The minimum Gasteiger partial charge on any atom is -0.360 e. The molecule has 2 rings (SSSR count). The quantitative estimate of drug-likeness (QED) is 0.787. The van der Waals surface area contributed by atoms with Gasteiger partial charge >= 0.3 is 5.69 Å². The molecule has 0 spiro atoms. The summed E-state index contributed by atoms with van der Waals surface area (Å²) in [7, 11) is 3.00. The molecule has 106 valence electrons. The average molecular weight is 267 g/mol. The highest BCUT2D eigenvalue weighted by Crippen LogP contribution is 2.08. The molecule has 1 aromatic heterocycles. The van der Waals surface area contributed by atoms with Gasteiger partial charge in [0, 0.05) is 26.7 Å². The number of nitrogens with zero attached hydrogens (tertiary/aromatic N) is 4. The van der Waals surface area contributed by atoms with E-state index < -0.39 is 5.69 Å². The molecule has 2 heterocycles. The van der Waals surface area contributed by atoms with E-state index in [2.05, 4.69) is 15.3 Å². The summed E-state index contributed by atoms with van der Waals surface area (Å²) in [6, 6.07) is 0.121. The highest BCUT2D eigenvalue weighted by Gasteiger charge is 2.16. The Hall–Kier alpha value is -1.63. The van der Waals surface area contributed by atoms with Crippen LogP contribution in [0.1, 0.15) is 19.8 Å². The molecule has 7 nitrogen and oxygen atoms in total. The molecule has 1 saturated heterocycles. The molecule has 1 unspecified atom stereocenters. The van der Waals surface area contributed by atoms with Crippen molar-refractivity contribution in [2.75, 3.05) is 25.0 Å². The molecule has 0 amide bonds. The lowest BCUT2D eigenvalue weighted by molar-refractivity contribution is 0.327. The molecular formula is C12H21N5O2. The van der Waals surface area contributed by atoms with Crippen molar-refractivity contribution in [3.63, 3.8) is 0 Å². The van der Waals surface area contributed by atoms with E-state index in [1.807, 2.05) is 6.92 Å². The Morgan fingerprint density at radius 3 is 2.53 bits per heavy atom. The third-order valence-corrected chi connectivity index (χ3v) is 3.43. The first kappa shape index (κ1) is 13.8. The predicted octanol–water partition coefficient (Wildman–Crippen LogP) is -0.625. The number of rotatable bonds is 4. The van der Waals surface area contributed by atoms with E-state index in [0.29, 0.717) is 0 Å². The molecule has 0 aliphatic carbocycles. The molecule has 1 atom stereocenters. The Labute approximate surface area is 111 Å². The van der Waals surface area contributed by atoms with Gasteiger partial charge in [-0.15, -0.1) is 5.10 Å². The summed E-state index contributed by atoms with van der Waals surface area (Å²) in [5.74, 6) is 0.233. The van der Waals surface area contributed by atoms with Gasteiger partial charge in [0.1, 0.15) is 0 Å². The van der Waals surface area contributed by atoms with Crippen molar-refractivity contribution in [1.29, 1.82) is 0 Å². The molecule has 0 aromatic carbocycles. The topological polar surface area (TPSA) is 72.2 Å². The Bertz CT molecular complexity index is 556.